The maximum absolute atomic E-state index is 8.94. The molecule has 0 aromatic rings. The van der Waals surface area contributed by atoms with Crippen molar-refractivity contribution in [1.82, 2.24) is 0 Å². The SMILES string of the molecule is OC[C@H](O)C[C@H](O)[C@H](O)CO. The molecule has 5 nitrogen and oxygen atoms in total. The first kappa shape index (κ1) is 10.8. The van der Waals surface area contributed by atoms with Crippen LogP contribution in [0.1, 0.15) is 6.42 Å². The molecule has 0 rings (SSSR count). The van der Waals surface area contributed by atoms with Crippen LogP contribution in [-0.2, 0) is 0 Å². The van der Waals surface area contributed by atoms with Gasteiger partial charge in [0.25, 0.3) is 0 Å². The van der Waals surface area contributed by atoms with Gasteiger partial charge in [0.05, 0.1) is 25.4 Å². The topological polar surface area (TPSA) is 101 Å². The summed E-state index contributed by atoms with van der Waals surface area (Å²) in [4.78, 5) is 0. The lowest BCUT2D eigenvalue weighted by Gasteiger charge is -2.17. The van der Waals surface area contributed by atoms with Crippen LogP contribution in [0, 0.1) is 0 Å². The van der Waals surface area contributed by atoms with Crippen LogP contribution >= 0.6 is 0 Å². The lowest BCUT2D eigenvalue weighted by Crippen LogP contribution is -2.33. The van der Waals surface area contributed by atoms with Crippen LogP contribution < -0.4 is 0 Å². The van der Waals surface area contributed by atoms with Crippen LogP contribution in [0.25, 0.3) is 0 Å². The summed E-state index contributed by atoms with van der Waals surface area (Å²) in [5, 5.41) is 43.2. The predicted molar refractivity (Wildman–Crippen MR) is 36.8 cm³/mol. The predicted octanol–water partition coefficient (Wildman–Crippen LogP) is -2.56. The first-order chi connectivity index (χ1) is 5.11. The quantitative estimate of drug-likeness (QED) is 0.309. The molecule has 0 saturated carbocycles. The van der Waals surface area contributed by atoms with E-state index in [1.807, 2.05) is 0 Å². The molecule has 0 heterocycles. The normalized spacial score (nSPS) is 19.4. The van der Waals surface area contributed by atoms with Gasteiger partial charge < -0.3 is 25.5 Å². The second-order valence-corrected chi connectivity index (χ2v) is 2.39. The van der Waals surface area contributed by atoms with Crippen molar-refractivity contribution in [2.75, 3.05) is 13.2 Å². The maximum atomic E-state index is 8.94. The van der Waals surface area contributed by atoms with E-state index in [-0.39, 0.29) is 6.42 Å². The zero-order chi connectivity index (χ0) is 8.85. The Bertz CT molecular complexity index is 97.0. The molecule has 5 N–H and O–H groups in total. The summed E-state index contributed by atoms with van der Waals surface area (Å²) in [6.07, 6.45) is -3.64. The van der Waals surface area contributed by atoms with E-state index in [2.05, 4.69) is 0 Å². The molecule has 3 atom stereocenters. The van der Waals surface area contributed by atoms with E-state index in [0.717, 1.165) is 0 Å². The first-order valence-electron chi connectivity index (χ1n) is 3.37. The summed E-state index contributed by atoms with van der Waals surface area (Å²) in [6, 6.07) is 0. The highest BCUT2D eigenvalue weighted by molar-refractivity contribution is 4.69. The van der Waals surface area contributed by atoms with Crippen molar-refractivity contribution >= 4 is 0 Å². The van der Waals surface area contributed by atoms with Crippen molar-refractivity contribution in [2.45, 2.75) is 24.7 Å². The van der Waals surface area contributed by atoms with Gasteiger partial charge in [-0.25, -0.2) is 0 Å². The van der Waals surface area contributed by atoms with Crippen molar-refractivity contribution in [2.24, 2.45) is 0 Å². The molecule has 0 aliphatic heterocycles. The van der Waals surface area contributed by atoms with Crippen LogP contribution in [-0.4, -0.2) is 57.1 Å². The van der Waals surface area contributed by atoms with Crippen LogP contribution in [0.2, 0.25) is 0 Å². The Kier molecular flexibility index (Phi) is 5.35. The Balaban J connectivity index is 3.58. The molecule has 0 amide bonds. The average molecular weight is 166 g/mol. The Labute approximate surface area is 64.5 Å². The molecule has 0 aliphatic rings. The van der Waals surface area contributed by atoms with E-state index in [1.54, 1.807) is 0 Å². The molecular formula is C6H14O5. The van der Waals surface area contributed by atoms with Gasteiger partial charge in [0.15, 0.2) is 0 Å². The van der Waals surface area contributed by atoms with Crippen molar-refractivity contribution in [3.63, 3.8) is 0 Å². The minimum absolute atomic E-state index is 0.141. The van der Waals surface area contributed by atoms with E-state index in [4.69, 9.17) is 25.5 Å². The number of rotatable bonds is 5. The van der Waals surface area contributed by atoms with E-state index in [9.17, 15) is 0 Å². The molecule has 5 heteroatoms. The molecule has 0 aliphatic carbocycles. The van der Waals surface area contributed by atoms with E-state index < -0.39 is 31.5 Å². The molecule has 0 radical (unpaired) electrons. The summed E-state index contributed by atoms with van der Waals surface area (Å²) in [5.41, 5.74) is 0. The molecule has 0 aromatic carbocycles. The van der Waals surface area contributed by atoms with Crippen LogP contribution in [0.4, 0.5) is 0 Å². The van der Waals surface area contributed by atoms with Gasteiger partial charge >= 0.3 is 0 Å². The zero-order valence-corrected chi connectivity index (χ0v) is 6.09. The Morgan fingerprint density at radius 2 is 1.36 bits per heavy atom. The van der Waals surface area contributed by atoms with Crippen LogP contribution in [0.3, 0.4) is 0 Å². The third-order valence-electron chi connectivity index (χ3n) is 1.36. The van der Waals surface area contributed by atoms with Gasteiger partial charge in [0.1, 0.15) is 6.10 Å². The molecule has 11 heavy (non-hydrogen) atoms. The summed E-state index contributed by atoms with van der Waals surface area (Å²) in [6.45, 7) is -1.02. The van der Waals surface area contributed by atoms with E-state index >= 15 is 0 Å². The highest BCUT2D eigenvalue weighted by atomic mass is 16.4. The number of hydrogen-bond donors (Lipinski definition) is 5. The monoisotopic (exact) mass is 166 g/mol. The average Bonchev–Trinajstić information content (AvgIpc) is 2.02. The fourth-order valence-electron chi connectivity index (χ4n) is 0.632. The number of aliphatic hydroxyl groups is 5. The fourth-order valence-corrected chi connectivity index (χ4v) is 0.632. The summed E-state index contributed by atoms with van der Waals surface area (Å²) < 4.78 is 0. The third-order valence-corrected chi connectivity index (χ3v) is 1.36. The summed E-state index contributed by atoms with van der Waals surface area (Å²) >= 11 is 0. The molecular weight excluding hydrogens is 152 g/mol. The van der Waals surface area contributed by atoms with E-state index in [0.29, 0.717) is 0 Å². The molecule has 0 unspecified atom stereocenters. The van der Waals surface area contributed by atoms with Crippen LogP contribution in [0.15, 0.2) is 0 Å². The highest BCUT2D eigenvalue weighted by Gasteiger charge is 2.18. The smallest absolute Gasteiger partial charge is 0.103 e. The second kappa shape index (κ2) is 5.45. The lowest BCUT2D eigenvalue weighted by atomic mass is 10.1. The third kappa shape index (κ3) is 4.28. The van der Waals surface area contributed by atoms with Crippen LogP contribution in [0.5, 0.6) is 0 Å². The van der Waals surface area contributed by atoms with Crippen molar-refractivity contribution in [3.8, 4) is 0 Å². The fraction of sp³-hybridized carbons (Fsp3) is 1.00. The van der Waals surface area contributed by atoms with Gasteiger partial charge in [0.2, 0.25) is 0 Å². The van der Waals surface area contributed by atoms with E-state index in [1.165, 1.54) is 0 Å². The second-order valence-electron chi connectivity index (χ2n) is 2.39. The van der Waals surface area contributed by atoms with Gasteiger partial charge in [-0.15, -0.1) is 0 Å². The maximum Gasteiger partial charge on any atom is 0.103 e. The summed E-state index contributed by atoms with van der Waals surface area (Å²) in [7, 11) is 0. The highest BCUT2D eigenvalue weighted by Crippen LogP contribution is 2.02. The standard InChI is InChI=1S/C6H14O5/c7-2-4(9)1-5(10)6(11)3-8/h4-11H,1-3H2/t4-,5+,6-/m1/s1. The molecule has 0 bridgehead atoms. The Morgan fingerprint density at radius 1 is 0.818 bits per heavy atom. The largest absolute Gasteiger partial charge is 0.394 e. The van der Waals surface area contributed by atoms with Gasteiger partial charge in [-0.3, -0.25) is 0 Å². The summed E-state index contributed by atoms with van der Waals surface area (Å²) in [5.74, 6) is 0. The Hall–Kier alpha value is -0.200. The molecule has 0 fully saturated rings. The van der Waals surface area contributed by atoms with Gasteiger partial charge in [-0.2, -0.15) is 0 Å². The van der Waals surface area contributed by atoms with Gasteiger partial charge in [0, 0.05) is 6.42 Å². The van der Waals surface area contributed by atoms with Crippen molar-refractivity contribution < 1.29 is 25.5 Å². The zero-order valence-electron chi connectivity index (χ0n) is 6.09. The molecule has 0 saturated heterocycles. The van der Waals surface area contributed by atoms with Crippen molar-refractivity contribution in [3.05, 3.63) is 0 Å². The van der Waals surface area contributed by atoms with Gasteiger partial charge in [-0.1, -0.05) is 0 Å². The minimum atomic E-state index is -1.25. The van der Waals surface area contributed by atoms with Crippen molar-refractivity contribution in [1.29, 1.82) is 0 Å². The minimum Gasteiger partial charge on any atom is -0.394 e. The number of hydrogen-bond acceptors (Lipinski definition) is 5. The molecule has 0 spiro atoms. The molecule has 0 aromatic heterocycles. The first-order valence-corrected chi connectivity index (χ1v) is 3.37. The number of aliphatic hydroxyl groups excluding tert-OH is 5. The lowest BCUT2D eigenvalue weighted by molar-refractivity contribution is -0.0437. The Morgan fingerprint density at radius 3 is 1.73 bits per heavy atom. The molecule has 68 valence electrons. The van der Waals surface area contributed by atoms with Gasteiger partial charge in [-0.05, 0) is 0 Å².